The Bertz CT molecular complexity index is 1440. The third kappa shape index (κ3) is 5.81. The first-order chi connectivity index (χ1) is 16.9. The normalized spacial score (nSPS) is 11.9. The van der Waals surface area contributed by atoms with Crippen LogP contribution in [0.2, 0.25) is 0 Å². The van der Waals surface area contributed by atoms with Gasteiger partial charge in [0, 0.05) is 4.88 Å². The Morgan fingerprint density at radius 2 is 1.86 bits per heavy atom. The van der Waals surface area contributed by atoms with Crippen molar-refractivity contribution in [3.05, 3.63) is 84.2 Å². The highest BCUT2D eigenvalue weighted by atomic mass is 32.2. The highest BCUT2D eigenvalue weighted by Crippen LogP contribution is 2.30. The second kappa shape index (κ2) is 10.6. The molecule has 4 rings (SSSR count). The number of rotatable bonds is 9. The molecule has 12 heteroatoms. The minimum Gasteiger partial charge on any atom is -0.497 e. The topological polar surface area (TPSA) is 135 Å². The SMILES string of the molecule is COc1ccc(C=C(C(=O)NO)n2cc(CNS(=O)(=O)c3ccc(-c4ccccc4)s3)nn2)cc1. The zero-order valence-electron chi connectivity index (χ0n) is 18.5. The average Bonchev–Trinajstić information content (AvgIpc) is 3.57. The van der Waals surface area contributed by atoms with Gasteiger partial charge in [-0.05, 0) is 41.5 Å². The summed E-state index contributed by atoms with van der Waals surface area (Å²) in [6, 6.07) is 19.7. The van der Waals surface area contributed by atoms with E-state index < -0.39 is 15.9 Å². The Morgan fingerprint density at radius 1 is 1.11 bits per heavy atom. The number of benzene rings is 2. The average molecular weight is 512 g/mol. The smallest absolute Gasteiger partial charge is 0.293 e. The van der Waals surface area contributed by atoms with Crippen molar-refractivity contribution in [2.24, 2.45) is 0 Å². The second-order valence-electron chi connectivity index (χ2n) is 7.21. The molecule has 2 aromatic carbocycles. The lowest BCUT2D eigenvalue weighted by molar-refractivity contribution is -0.123. The van der Waals surface area contributed by atoms with Crippen molar-refractivity contribution in [1.29, 1.82) is 0 Å². The molecule has 0 bridgehead atoms. The minimum absolute atomic E-state index is 0.0231. The van der Waals surface area contributed by atoms with Gasteiger partial charge in [-0.3, -0.25) is 10.0 Å². The summed E-state index contributed by atoms with van der Waals surface area (Å²) in [6.45, 7) is -0.141. The molecule has 0 fully saturated rings. The quantitative estimate of drug-likeness (QED) is 0.179. The molecule has 0 atom stereocenters. The molecule has 1 amide bonds. The number of hydrogen-bond acceptors (Lipinski definition) is 8. The Labute approximate surface area is 205 Å². The zero-order valence-corrected chi connectivity index (χ0v) is 20.1. The first-order valence-electron chi connectivity index (χ1n) is 10.3. The predicted octanol–water partition coefficient (Wildman–Crippen LogP) is 3.00. The summed E-state index contributed by atoms with van der Waals surface area (Å²) in [7, 11) is -2.24. The van der Waals surface area contributed by atoms with Crippen LogP contribution in [0.1, 0.15) is 11.3 Å². The van der Waals surface area contributed by atoms with Crippen molar-refractivity contribution in [3.8, 4) is 16.2 Å². The Hall–Kier alpha value is -3.84. The lowest BCUT2D eigenvalue weighted by atomic mass is 10.2. The number of carbonyl (C=O) groups excluding carboxylic acids is 1. The number of ether oxygens (including phenoxy) is 1. The Balaban J connectivity index is 1.49. The number of carbonyl (C=O) groups is 1. The van der Waals surface area contributed by atoms with E-state index in [-0.39, 0.29) is 22.1 Å². The van der Waals surface area contributed by atoms with Crippen LogP contribution in [0.25, 0.3) is 22.2 Å². The van der Waals surface area contributed by atoms with E-state index in [1.807, 2.05) is 30.3 Å². The maximum absolute atomic E-state index is 12.8. The number of amides is 1. The van der Waals surface area contributed by atoms with Gasteiger partial charge in [0.1, 0.15) is 15.7 Å². The van der Waals surface area contributed by atoms with E-state index >= 15 is 0 Å². The van der Waals surface area contributed by atoms with Crippen LogP contribution in [-0.4, -0.2) is 41.6 Å². The van der Waals surface area contributed by atoms with E-state index in [1.54, 1.807) is 49.0 Å². The van der Waals surface area contributed by atoms with Crippen LogP contribution in [0.15, 0.2) is 77.1 Å². The summed E-state index contributed by atoms with van der Waals surface area (Å²) in [6.07, 6.45) is 2.89. The lowest BCUT2D eigenvalue weighted by Gasteiger charge is -2.06. The predicted molar refractivity (Wildman–Crippen MR) is 131 cm³/mol. The number of nitrogens with zero attached hydrogens (tertiary/aromatic N) is 3. The fraction of sp³-hybridized carbons (Fsp3) is 0.0870. The minimum atomic E-state index is -3.79. The molecule has 0 aliphatic rings. The molecule has 0 saturated carbocycles. The van der Waals surface area contributed by atoms with E-state index in [0.717, 1.165) is 26.5 Å². The fourth-order valence-corrected chi connectivity index (χ4v) is 5.47. The molecule has 35 heavy (non-hydrogen) atoms. The van der Waals surface area contributed by atoms with Gasteiger partial charge < -0.3 is 4.74 Å². The Kier molecular flexibility index (Phi) is 7.36. The molecule has 3 N–H and O–H groups in total. The van der Waals surface area contributed by atoms with Crippen molar-refractivity contribution in [1.82, 2.24) is 25.2 Å². The molecule has 0 saturated heterocycles. The van der Waals surface area contributed by atoms with Crippen molar-refractivity contribution in [2.45, 2.75) is 10.8 Å². The van der Waals surface area contributed by atoms with Crippen LogP contribution in [-0.2, 0) is 21.4 Å². The van der Waals surface area contributed by atoms with Gasteiger partial charge >= 0.3 is 0 Å². The summed E-state index contributed by atoms with van der Waals surface area (Å²) >= 11 is 1.16. The first kappa shape index (κ1) is 24.3. The van der Waals surface area contributed by atoms with Gasteiger partial charge in [0.05, 0.1) is 25.5 Å². The summed E-state index contributed by atoms with van der Waals surface area (Å²) in [5.41, 5.74) is 3.41. The van der Waals surface area contributed by atoms with Crippen LogP contribution >= 0.6 is 11.3 Å². The van der Waals surface area contributed by atoms with Crippen LogP contribution in [0, 0.1) is 0 Å². The third-order valence-electron chi connectivity index (χ3n) is 4.89. The highest BCUT2D eigenvalue weighted by Gasteiger charge is 2.19. The maximum Gasteiger partial charge on any atom is 0.293 e. The van der Waals surface area contributed by atoms with Crippen LogP contribution < -0.4 is 14.9 Å². The summed E-state index contributed by atoms with van der Waals surface area (Å²) in [5.74, 6) is -0.169. The number of aromatic nitrogens is 3. The first-order valence-corrected chi connectivity index (χ1v) is 12.6. The maximum atomic E-state index is 12.8. The molecule has 0 aliphatic heterocycles. The Morgan fingerprint density at radius 3 is 2.54 bits per heavy atom. The van der Waals surface area contributed by atoms with Crippen LogP contribution in [0.3, 0.4) is 0 Å². The number of sulfonamides is 1. The molecular formula is C23H21N5O5S2. The molecule has 0 aliphatic carbocycles. The van der Waals surface area contributed by atoms with Crippen molar-refractivity contribution >= 4 is 39.0 Å². The number of nitrogens with one attached hydrogen (secondary N) is 2. The van der Waals surface area contributed by atoms with Gasteiger partial charge in [0.15, 0.2) is 0 Å². The highest BCUT2D eigenvalue weighted by molar-refractivity contribution is 7.91. The number of thiophene rings is 1. The van der Waals surface area contributed by atoms with Crippen molar-refractivity contribution in [2.75, 3.05) is 7.11 Å². The molecular weight excluding hydrogens is 490 g/mol. The monoisotopic (exact) mass is 511 g/mol. The van der Waals surface area contributed by atoms with Gasteiger partial charge in [0.2, 0.25) is 10.0 Å². The molecule has 0 radical (unpaired) electrons. The summed E-state index contributed by atoms with van der Waals surface area (Å²) in [5, 5.41) is 17.0. The van der Waals surface area contributed by atoms with E-state index in [2.05, 4.69) is 15.0 Å². The zero-order chi connectivity index (χ0) is 24.8. The van der Waals surface area contributed by atoms with Gasteiger partial charge in [0.25, 0.3) is 5.91 Å². The van der Waals surface area contributed by atoms with E-state index in [4.69, 9.17) is 9.94 Å². The van der Waals surface area contributed by atoms with Gasteiger partial charge in [-0.15, -0.1) is 16.4 Å². The van der Waals surface area contributed by atoms with Gasteiger partial charge in [-0.2, -0.15) is 0 Å². The molecule has 10 nitrogen and oxygen atoms in total. The largest absolute Gasteiger partial charge is 0.497 e. The second-order valence-corrected chi connectivity index (χ2v) is 10.3. The lowest BCUT2D eigenvalue weighted by Crippen LogP contribution is -2.23. The van der Waals surface area contributed by atoms with Crippen molar-refractivity contribution in [3.63, 3.8) is 0 Å². The van der Waals surface area contributed by atoms with Gasteiger partial charge in [-0.1, -0.05) is 47.7 Å². The van der Waals surface area contributed by atoms with Crippen LogP contribution in [0.4, 0.5) is 0 Å². The summed E-state index contributed by atoms with van der Waals surface area (Å²) in [4.78, 5) is 13.1. The van der Waals surface area contributed by atoms with E-state index in [1.165, 1.54) is 12.3 Å². The molecule has 0 unspecified atom stereocenters. The molecule has 4 aromatic rings. The third-order valence-corrected chi connectivity index (χ3v) is 7.92. The summed E-state index contributed by atoms with van der Waals surface area (Å²) < 4.78 is 34.5. The molecule has 180 valence electrons. The van der Waals surface area contributed by atoms with Gasteiger partial charge in [-0.25, -0.2) is 23.3 Å². The van der Waals surface area contributed by atoms with E-state index in [0.29, 0.717) is 11.3 Å². The molecule has 2 heterocycles. The molecule has 2 aromatic heterocycles. The van der Waals surface area contributed by atoms with Crippen LogP contribution in [0.5, 0.6) is 5.75 Å². The number of hydrogen-bond donors (Lipinski definition) is 3. The standard InChI is InChI=1S/C23H21N5O5S2/c1-33-19-9-7-16(8-10-19)13-20(23(29)26-30)28-15-18(25-27-28)14-24-35(31,32)22-12-11-21(34-22)17-5-3-2-4-6-17/h2-13,15,24,30H,14H2,1H3,(H,26,29). The van der Waals surface area contributed by atoms with E-state index in [9.17, 15) is 13.2 Å². The fourth-order valence-electron chi connectivity index (χ4n) is 3.11. The number of methoxy groups -OCH3 is 1. The van der Waals surface area contributed by atoms with Crippen molar-refractivity contribution < 1.29 is 23.2 Å². The number of hydroxylamine groups is 1. The molecule has 0 spiro atoms.